The highest BCUT2D eigenvalue weighted by molar-refractivity contribution is 6.30. The molecule has 1 aromatic heterocycles. The van der Waals surface area contributed by atoms with Crippen molar-refractivity contribution >= 4 is 11.6 Å². The number of piperidine rings is 1. The summed E-state index contributed by atoms with van der Waals surface area (Å²) >= 11 is 6.01. The molecule has 31 heavy (non-hydrogen) atoms. The van der Waals surface area contributed by atoms with Gasteiger partial charge in [-0.05, 0) is 61.7 Å². The summed E-state index contributed by atoms with van der Waals surface area (Å²) in [5.74, 6) is 2.39. The van der Waals surface area contributed by atoms with Gasteiger partial charge in [0, 0.05) is 35.8 Å². The van der Waals surface area contributed by atoms with Gasteiger partial charge in [-0.25, -0.2) is 0 Å². The fourth-order valence-corrected chi connectivity index (χ4v) is 5.02. The van der Waals surface area contributed by atoms with Crippen molar-refractivity contribution in [3.63, 3.8) is 0 Å². The molecule has 0 spiro atoms. The van der Waals surface area contributed by atoms with E-state index in [1.165, 1.54) is 11.3 Å². The highest BCUT2D eigenvalue weighted by atomic mass is 35.5. The highest BCUT2D eigenvalue weighted by Crippen LogP contribution is 2.39. The van der Waals surface area contributed by atoms with E-state index in [1.54, 1.807) is 0 Å². The number of nitrogens with zero attached hydrogens (tertiary/aromatic N) is 2. The summed E-state index contributed by atoms with van der Waals surface area (Å²) in [6.45, 7) is 5.09. The smallest absolute Gasteiger partial charge is 0.152 e. The minimum absolute atomic E-state index is 0.0850. The van der Waals surface area contributed by atoms with E-state index in [0.29, 0.717) is 5.92 Å². The number of ether oxygens (including phenoxy) is 2. The number of hydrogen-bond donors (Lipinski definition) is 0. The van der Waals surface area contributed by atoms with E-state index in [9.17, 15) is 0 Å². The van der Waals surface area contributed by atoms with Crippen LogP contribution < -0.4 is 9.47 Å². The summed E-state index contributed by atoms with van der Waals surface area (Å²) < 4.78 is 15.3. The molecule has 2 aliphatic rings. The van der Waals surface area contributed by atoms with Gasteiger partial charge in [0.25, 0.3) is 0 Å². The molecule has 162 valence electrons. The monoisotopic (exact) mass is 436 g/mol. The summed E-state index contributed by atoms with van der Waals surface area (Å²) in [4.78, 5) is 2.47. The zero-order valence-corrected chi connectivity index (χ0v) is 18.7. The first-order valence-electron chi connectivity index (χ1n) is 11.3. The fourth-order valence-electron chi connectivity index (χ4n) is 4.89. The Balaban J connectivity index is 1.28. The molecule has 0 aliphatic carbocycles. The molecule has 3 aromatic rings. The van der Waals surface area contributed by atoms with Crippen LogP contribution in [0.4, 0.5) is 0 Å². The van der Waals surface area contributed by atoms with Crippen molar-refractivity contribution in [2.24, 2.45) is 5.92 Å². The van der Waals surface area contributed by atoms with Crippen molar-refractivity contribution in [3.05, 3.63) is 83.1 Å². The van der Waals surface area contributed by atoms with Crippen LogP contribution in [0.3, 0.4) is 0 Å². The molecule has 1 saturated heterocycles. The van der Waals surface area contributed by atoms with Crippen molar-refractivity contribution in [1.82, 2.24) is 9.47 Å². The van der Waals surface area contributed by atoms with Crippen LogP contribution >= 0.6 is 11.6 Å². The van der Waals surface area contributed by atoms with Crippen LogP contribution in [-0.2, 0) is 6.54 Å². The number of halogens is 1. The van der Waals surface area contributed by atoms with Gasteiger partial charge in [-0.15, -0.1) is 0 Å². The van der Waals surface area contributed by atoms with E-state index in [4.69, 9.17) is 21.1 Å². The number of benzene rings is 2. The number of aromatic nitrogens is 1. The van der Waals surface area contributed by atoms with Gasteiger partial charge < -0.3 is 14.0 Å². The number of hydrogen-bond acceptors (Lipinski definition) is 3. The molecular formula is C26H29ClN2O2. The second-order valence-electron chi connectivity index (χ2n) is 8.52. The molecule has 0 radical (unpaired) electrons. The maximum Gasteiger partial charge on any atom is 0.152 e. The minimum atomic E-state index is 0.0850. The zero-order chi connectivity index (χ0) is 21.2. The van der Waals surface area contributed by atoms with Crippen LogP contribution in [-0.4, -0.2) is 28.8 Å². The average molecular weight is 437 g/mol. The number of para-hydroxylation sites is 1. The van der Waals surface area contributed by atoms with Crippen LogP contribution in [0.25, 0.3) is 0 Å². The second kappa shape index (κ2) is 8.97. The quantitative estimate of drug-likeness (QED) is 0.479. The van der Waals surface area contributed by atoms with Crippen molar-refractivity contribution in [3.8, 4) is 11.5 Å². The zero-order valence-electron chi connectivity index (χ0n) is 17.9. The Hall–Kier alpha value is -2.43. The largest absolute Gasteiger partial charge is 0.484 e. The van der Waals surface area contributed by atoms with Gasteiger partial charge in [-0.3, -0.25) is 4.90 Å². The van der Waals surface area contributed by atoms with Gasteiger partial charge in [0.15, 0.2) is 6.23 Å². The van der Waals surface area contributed by atoms with Crippen LogP contribution in [0.1, 0.15) is 43.5 Å². The number of likely N-dealkylation sites (tertiary alicyclic amines) is 1. The van der Waals surface area contributed by atoms with Crippen molar-refractivity contribution in [2.75, 3.05) is 13.1 Å². The molecule has 2 unspecified atom stereocenters. The molecule has 3 heterocycles. The Kier molecular flexibility index (Phi) is 5.93. The van der Waals surface area contributed by atoms with E-state index in [-0.39, 0.29) is 12.3 Å². The van der Waals surface area contributed by atoms with E-state index in [1.807, 2.05) is 24.3 Å². The molecule has 0 amide bonds. The molecule has 5 rings (SSSR count). The maximum atomic E-state index is 6.63. The molecule has 0 saturated carbocycles. The predicted octanol–water partition coefficient (Wildman–Crippen LogP) is 6.15. The maximum absolute atomic E-state index is 6.63. The SMILES string of the molecule is CCC(Oc1ccc(Cl)cc1)N1CCC(C2Oc3ccccc3Cn3cccc32)CC1. The first-order chi connectivity index (χ1) is 15.2. The van der Waals surface area contributed by atoms with E-state index < -0.39 is 0 Å². The lowest BCUT2D eigenvalue weighted by Crippen LogP contribution is -2.45. The van der Waals surface area contributed by atoms with Crippen LogP contribution in [0.2, 0.25) is 5.02 Å². The average Bonchev–Trinajstić information content (AvgIpc) is 3.20. The number of rotatable bonds is 5. The van der Waals surface area contributed by atoms with Crippen molar-refractivity contribution in [2.45, 2.75) is 45.1 Å². The van der Waals surface area contributed by atoms with Gasteiger partial charge in [-0.1, -0.05) is 36.7 Å². The molecular weight excluding hydrogens is 408 g/mol. The third-order valence-electron chi connectivity index (χ3n) is 6.57. The van der Waals surface area contributed by atoms with Gasteiger partial charge in [0.2, 0.25) is 0 Å². The Morgan fingerprint density at radius 1 is 1.03 bits per heavy atom. The van der Waals surface area contributed by atoms with Gasteiger partial charge in [0.1, 0.15) is 17.6 Å². The molecule has 1 fully saturated rings. The number of fused-ring (bicyclic) bond motifs is 2. The van der Waals surface area contributed by atoms with E-state index in [2.05, 4.69) is 59.0 Å². The van der Waals surface area contributed by atoms with E-state index in [0.717, 1.165) is 55.4 Å². The molecule has 5 heteroatoms. The third kappa shape index (κ3) is 4.32. The summed E-state index contributed by atoms with van der Waals surface area (Å²) in [7, 11) is 0. The summed E-state index contributed by atoms with van der Waals surface area (Å²) in [5, 5.41) is 0.732. The lowest BCUT2D eigenvalue weighted by Gasteiger charge is -2.39. The van der Waals surface area contributed by atoms with E-state index >= 15 is 0 Å². The standard InChI is InChI=1S/C26H29ClN2O2/c1-2-25(30-22-11-9-21(27)10-12-22)28-16-13-19(14-17-28)26-23-7-5-15-29(23)18-20-6-3-4-8-24(20)31-26/h3-12,15,19,25-26H,2,13-14,16-18H2,1H3. The Morgan fingerprint density at radius 3 is 2.58 bits per heavy atom. The van der Waals surface area contributed by atoms with Crippen molar-refractivity contribution in [1.29, 1.82) is 0 Å². The first-order valence-corrected chi connectivity index (χ1v) is 11.6. The lowest BCUT2D eigenvalue weighted by molar-refractivity contribution is -0.0169. The topological polar surface area (TPSA) is 26.6 Å². The summed E-state index contributed by atoms with van der Waals surface area (Å²) in [5.41, 5.74) is 2.54. The molecule has 0 N–H and O–H groups in total. The predicted molar refractivity (Wildman–Crippen MR) is 124 cm³/mol. The molecule has 2 atom stereocenters. The third-order valence-corrected chi connectivity index (χ3v) is 6.82. The Morgan fingerprint density at radius 2 is 1.81 bits per heavy atom. The molecule has 4 nitrogen and oxygen atoms in total. The normalized spacial score (nSPS) is 20.3. The summed E-state index contributed by atoms with van der Waals surface area (Å²) in [6.07, 6.45) is 5.50. The molecule has 0 bridgehead atoms. The highest BCUT2D eigenvalue weighted by Gasteiger charge is 2.34. The van der Waals surface area contributed by atoms with Crippen molar-refractivity contribution < 1.29 is 9.47 Å². The summed E-state index contributed by atoms with van der Waals surface area (Å²) in [6, 6.07) is 20.5. The van der Waals surface area contributed by atoms with Gasteiger partial charge >= 0.3 is 0 Å². The van der Waals surface area contributed by atoms with Crippen LogP contribution in [0, 0.1) is 5.92 Å². The lowest BCUT2D eigenvalue weighted by atomic mass is 9.89. The molecule has 2 aliphatic heterocycles. The minimum Gasteiger partial charge on any atom is -0.484 e. The Labute approximate surface area is 189 Å². The van der Waals surface area contributed by atoms with Crippen LogP contribution in [0.5, 0.6) is 11.5 Å². The van der Waals surface area contributed by atoms with Gasteiger partial charge in [0.05, 0.1) is 12.2 Å². The Bertz CT molecular complexity index is 1010. The first kappa shape index (κ1) is 20.5. The van der Waals surface area contributed by atoms with Crippen LogP contribution in [0.15, 0.2) is 66.9 Å². The van der Waals surface area contributed by atoms with Gasteiger partial charge in [-0.2, -0.15) is 0 Å². The fraction of sp³-hybridized carbons (Fsp3) is 0.385. The second-order valence-corrected chi connectivity index (χ2v) is 8.95. The molecule has 2 aromatic carbocycles.